The maximum atomic E-state index is 11.7. The summed E-state index contributed by atoms with van der Waals surface area (Å²) in [6.45, 7) is 6.41. The highest BCUT2D eigenvalue weighted by Gasteiger charge is 2.14. The highest BCUT2D eigenvalue weighted by molar-refractivity contribution is 7.89. The number of nitrogens with one attached hydrogen (secondary N) is 2. The quantitative estimate of drug-likeness (QED) is 0.834. The molecule has 0 amide bonds. The Kier molecular flexibility index (Phi) is 5.16. The Labute approximate surface area is 110 Å². The van der Waals surface area contributed by atoms with E-state index in [4.69, 9.17) is 0 Å². The Morgan fingerprint density at radius 3 is 2.44 bits per heavy atom. The van der Waals surface area contributed by atoms with Gasteiger partial charge >= 0.3 is 0 Å². The van der Waals surface area contributed by atoms with E-state index < -0.39 is 10.0 Å². The lowest BCUT2D eigenvalue weighted by Gasteiger charge is -2.22. The van der Waals surface area contributed by atoms with Gasteiger partial charge in [-0.2, -0.15) is 0 Å². The zero-order valence-electron chi connectivity index (χ0n) is 11.4. The van der Waals surface area contributed by atoms with Crippen LogP contribution in [0.4, 0.5) is 5.69 Å². The number of hydrogen-bond acceptors (Lipinski definition) is 3. The topological polar surface area (TPSA) is 58.2 Å². The Bertz CT molecular complexity index is 484. The zero-order valence-corrected chi connectivity index (χ0v) is 12.2. The fourth-order valence-electron chi connectivity index (χ4n) is 1.83. The molecule has 102 valence electrons. The van der Waals surface area contributed by atoms with Crippen molar-refractivity contribution in [2.24, 2.45) is 5.92 Å². The molecule has 0 aromatic heterocycles. The maximum absolute atomic E-state index is 11.7. The van der Waals surface area contributed by atoms with Crippen molar-refractivity contribution in [2.45, 2.75) is 38.1 Å². The van der Waals surface area contributed by atoms with E-state index in [-0.39, 0.29) is 4.90 Å². The van der Waals surface area contributed by atoms with Gasteiger partial charge in [0, 0.05) is 11.7 Å². The molecule has 0 spiro atoms. The Morgan fingerprint density at radius 1 is 1.28 bits per heavy atom. The smallest absolute Gasteiger partial charge is 0.240 e. The van der Waals surface area contributed by atoms with Gasteiger partial charge in [-0.05, 0) is 37.6 Å². The van der Waals surface area contributed by atoms with E-state index in [1.807, 2.05) is 6.07 Å². The summed E-state index contributed by atoms with van der Waals surface area (Å²) >= 11 is 0. The minimum atomic E-state index is -3.37. The summed E-state index contributed by atoms with van der Waals surface area (Å²) in [4.78, 5) is 0.286. The van der Waals surface area contributed by atoms with Gasteiger partial charge in [-0.15, -0.1) is 0 Å². The fraction of sp³-hybridized carbons (Fsp3) is 0.538. The van der Waals surface area contributed by atoms with E-state index >= 15 is 0 Å². The largest absolute Gasteiger partial charge is 0.382 e. The van der Waals surface area contributed by atoms with Gasteiger partial charge in [0.15, 0.2) is 0 Å². The van der Waals surface area contributed by atoms with Gasteiger partial charge in [-0.3, -0.25) is 0 Å². The molecule has 1 atom stereocenters. The second-order valence-electron chi connectivity index (χ2n) is 4.64. The van der Waals surface area contributed by atoms with Crippen LogP contribution in [0.5, 0.6) is 0 Å². The molecular formula is C13H22N2O2S. The molecule has 18 heavy (non-hydrogen) atoms. The summed E-state index contributed by atoms with van der Waals surface area (Å²) < 4.78 is 25.7. The van der Waals surface area contributed by atoms with E-state index in [9.17, 15) is 8.42 Å². The van der Waals surface area contributed by atoms with Gasteiger partial charge in [0.2, 0.25) is 10.0 Å². The third-order valence-corrected chi connectivity index (χ3v) is 4.42. The van der Waals surface area contributed by atoms with Crippen LogP contribution in [0.1, 0.15) is 27.2 Å². The zero-order chi connectivity index (χ0) is 13.8. The van der Waals surface area contributed by atoms with Crippen LogP contribution in [0, 0.1) is 5.92 Å². The van der Waals surface area contributed by atoms with Crippen molar-refractivity contribution in [2.75, 3.05) is 12.4 Å². The van der Waals surface area contributed by atoms with Crippen LogP contribution in [0.15, 0.2) is 29.2 Å². The molecule has 4 nitrogen and oxygen atoms in total. The second kappa shape index (κ2) is 6.20. The molecular weight excluding hydrogens is 248 g/mol. The van der Waals surface area contributed by atoms with Crippen LogP contribution in [-0.4, -0.2) is 21.5 Å². The van der Waals surface area contributed by atoms with Crippen molar-refractivity contribution in [1.82, 2.24) is 4.72 Å². The molecule has 0 bridgehead atoms. The number of hydrogen-bond donors (Lipinski definition) is 2. The lowest BCUT2D eigenvalue weighted by molar-refractivity contribution is 0.511. The summed E-state index contributed by atoms with van der Waals surface area (Å²) in [5, 5.41) is 3.37. The lowest BCUT2D eigenvalue weighted by Crippen LogP contribution is -2.25. The monoisotopic (exact) mass is 270 g/mol. The number of sulfonamides is 1. The molecule has 1 aromatic carbocycles. The van der Waals surface area contributed by atoms with Crippen molar-refractivity contribution in [3.05, 3.63) is 24.3 Å². The summed E-state index contributed by atoms with van der Waals surface area (Å²) in [6, 6.07) is 7.24. The second-order valence-corrected chi connectivity index (χ2v) is 6.53. The normalized spacial score (nSPS) is 13.6. The van der Waals surface area contributed by atoms with Gasteiger partial charge in [-0.1, -0.05) is 26.8 Å². The third kappa shape index (κ3) is 3.71. The molecule has 0 saturated heterocycles. The van der Waals surface area contributed by atoms with Gasteiger partial charge in [-0.25, -0.2) is 13.1 Å². The molecule has 0 aliphatic carbocycles. The Hall–Kier alpha value is -1.07. The van der Waals surface area contributed by atoms with Gasteiger partial charge in [0.1, 0.15) is 0 Å². The van der Waals surface area contributed by atoms with Crippen LogP contribution >= 0.6 is 0 Å². The highest BCUT2D eigenvalue weighted by Crippen LogP contribution is 2.18. The summed E-state index contributed by atoms with van der Waals surface area (Å²) in [5.74, 6) is 0.500. The van der Waals surface area contributed by atoms with Crippen molar-refractivity contribution >= 4 is 15.7 Å². The van der Waals surface area contributed by atoms with Crippen molar-refractivity contribution < 1.29 is 8.42 Å². The lowest BCUT2D eigenvalue weighted by atomic mass is 10.0. The van der Waals surface area contributed by atoms with E-state index in [1.165, 1.54) is 7.05 Å². The summed E-state index contributed by atoms with van der Waals surface area (Å²) in [7, 11) is -1.96. The minimum Gasteiger partial charge on any atom is -0.382 e. The molecule has 1 unspecified atom stereocenters. The molecule has 5 heteroatoms. The molecule has 1 aromatic rings. The average Bonchev–Trinajstić information content (AvgIpc) is 2.36. The standard InChI is InChI=1S/C13H22N2O2S/c1-5-13(10(2)3)15-11-7-6-8-12(9-11)18(16,17)14-4/h6-10,13-15H,5H2,1-4H3. The first-order valence-corrected chi connectivity index (χ1v) is 7.69. The molecule has 2 N–H and O–H groups in total. The van der Waals surface area contributed by atoms with E-state index in [0.29, 0.717) is 12.0 Å². The first kappa shape index (κ1) is 15.0. The van der Waals surface area contributed by atoms with E-state index in [0.717, 1.165) is 12.1 Å². The van der Waals surface area contributed by atoms with E-state index in [2.05, 4.69) is 30.8 Å². The summed E-state index contributed by atoms with van der Waals surface area (Å²) in [5.41, 5.74) is 0.840. The maximum Gasteiger partial charge on any atom is 0.240 e. The SMILES string of the molecule is CCC(Nc1cccc(S(=O)(=O)NC)c1)C(C)C. The number of rotatable bonds is 6. The predicted octanol–water partition coefficient (Wildman–Crippen LogP) is 2.44. The third-order valence-electron chi connectivity index (χ3n) is 3.01. The molecule has 1 rings (SSSR count). The van der Waals surface area contributed by atoms with Crippen LogP contribution in [0.2, 0.25) is 0 Å². The first-order chi connectivity index (χ1) is 8.40. The van der Waals surface area contributed by atoms with Crippen molar-refractivity contribution in [3.8, 4) is 0 Å². The van der Waals surface area contributed by atoms with Gasteiger partial charge in [0.05, 0.1) is 4.90 Å². The predicted molar refractivity (Wildman–Crippen MR) is 75.2 cm³/mol. The van der Waals surface area contributed by atoms with Crippen LogP contribution in [0.3, 0.4) is 0 Å². The van der Waals surface area contributed by atoms with Crippen LogP contribution in [-0.2, 0) is 10.0 Å². The van der Waals surface area contributed by atoms with Gasteiger partial charge < -0.3 is 5.32 Å². The fourth-order valence-corrected chi connectivity index (χ4v) is 2.60. The van der Waals surface area contributed by atoms with Crippen LogP contribution in [0.25, 0.3) is 0 Å². The molecule has 0 heterocycles. The van der Waals surface area contributed by atoms with Crippen molar-refractivity contribution in [3.63, 3.8) is 0 Å². The number of benzene rings is 1. The summed E-state index contributed by atoms with van der Waals surface area (Å²) in [6.07, 6.45) is 1.00. The molecule has 0 radical (unpaired) electrons. The minimum absolute atomic E-state index is 0.286. The Balaban J connectivity index is 2.96. The van der Waals surface area contributed by atoms with Gasteiger partial charge in [0.25, 0.3) is 0 Å². The average molecular weight is 270 g/mol. The molecule has 0 saturated carbocycles. The number of anilines is 1. The van der Waals surface area contributed by atoms with Crippen molar-refractivity contribution in [1.29, 1.82) is 0 Å². The Morgan fingerprint density at radius 2 is 1.94 bits per heavy atom. The molecule has 0 fully saturated rings. The highest BCUT2D eigenvalue weighted by atomic mass is 32.2. The molecule has 0 aliphatic heterocycles. The molecule has 0 aliphatic rings. The van der Waals surface area contributed by atoms with E-state index in [1.54, 1.807) is 18.2 Å². The first-order valence-electron chi connectivity index (χ1n) is 6.21. The van der Waals surface area contributed by atoms with Crippen LogP contribution < -0.4 is 10.0 Å².